The van der Waals surface area contributed by atoms with Crippen LogP contribution in [0.4, 0.5) is 10.1 Å². The maximum atomic E-state index is 14.2. The molecule has 1 unspecified atom stereocenters. The summed E-state index contributed by atoms with van der Waals surface area (Å²) in [4.78, 5) is 22.5. The molecule has 0 aliphatic heterocycles. The SMILES string of the molecule is CC(=O)OCc1ccc(NS(=O)(=O)C2CCCC=C2C(=O)OS)c(F)c1. The number of esters is 1. The predicted octanol–water partition coefficient (Wildman–Crippen LogP) is 2.50. The standard InChI is InChI=1S/C16H18FNO6S2/c1-10(19)23-9-11-6-7-14(13(17)8-11)18-26(21,22)15-5-3-2-4-12(15)16(20)24-25/h4,6-8,15,18,25H,2-3,5,9H2,1H3. The molecule has 0 saturated heterocycles. The van der Waals surface area contributed by atoms with Gasteiger partial charge in [0.05, 0.1) is 11.3 Å². The van der Waals surface area contributed by atoms with Crippen LogP contribution in [-0.4, -0.2) is 25.6 Å². The molecule has 0 bridgehead atoms. The highest BCUT2D eigenvalue weighted by Gasteiger charge is 2.35. The van der Waals surface area contributed by atoms with Crippen molar-refractivity contribution >= 4 is 40.6 Å². The summed E-state index contributed by atoms with van der Waals surface area (Å²) in [6, 6.07) is 3.73. The molecule has 0 aromatic heterocycles. The number of carbonyl (C=O) groups is 2. The number of ether oxygens (including phenoxy) is 1. The van der Waals surface area contributed by atoms with Crippen LogP contribution in [-0.2, 0) is 35.1 Å². The third kappa shape index (κ3) is 4.98. The summed E-state index contributed by atoms with van der Waals surface area (Å²) in [6.07, 6.45) is 2.81. The minimum Gasteiger partial charge on any atom is -0.461 e. The second-order valence-corrected chi connectivity index (χ2v) is 7.75. The Morgan fingerprint density at radius 3 is 2.73 bits per heavy atom. The van der Waals surface area contributed by atoms with Crippen LogP contribution in [0, 0.1) is 5.82 Å². The van der Waals surface area contributed by atoms with E-state index in [4.69, 9.17) is 4.74 Å². The Kier molecular flexibility index (Phi) is 6.65. The lowest BCUT2D eigenvalue weighted by atomic mass is 9.99. The summed E-state index contributed by atoms with van der Waals surface area (Å²) >= 11 is 3.42. The number of thiol groups is 1. The smallest absolute Gasteiger partial charge is 0.346 e. The predicted molar refractivity (Wildman–Crippen MR) is 95.2 cm³/mol. The number of nitrogens with one attached hydrogen (secondary N) is 1. The molecule has 1 N–H and O–H groups in total. The van der Waals surface area contributed by atoms with Crippen molar-refractivity contribution in [3.8, 4) is 0 Å². The zero-order chi connectivity index (χ0) is 19.3. The van der Waals surface area contributed by atoms with Crippen molar-refractivity contribution in [2.45, 2.75) is 38.0 Å². The average Bonchev–Trinajstić information content (AvgIpc) is 2.61. The van der Waals surface area contributed by atoms with Crippen LogP contribution in [0.25, 0.3) is 0 Å². The van der Waals surface area contributed by atoms with Crippen molar-refractivity contribution in [1.29, 1.82) is 0 Å². The van der Waals surface area contributed by atoms with Crippen molar-refractivity contribution in [3.63, 3.8) is 0 Å². The maximum absolute atomic E-state index is 14.2. The molecule has 142 valence electrons. The fraction of sp³-hybridized carbons (Fsp3) is 0.375. The average molecular weight is 403 g/mol. The van der Waals surface area contributed by atoms with Gasteiger partial charge in [-0.05, 0) is 37.0 Å². The first-order valence-electron chi connectivity index (χ1n) is 7.74. The van der Waals surface area contributed by atoms with Crippen molar-refractivity contribution in [2.75, 3.05) is 4.72 Å². The third-order valence-electron chi connectivity index (χ3n) is 3.80. The zero-order valence-electron chi connectivity index (χ0n) is 13.9. The van der Waals surface area contributed by atoms with E-state index in [1.807, 2.05) is 0 Å². The van der Waals surface area contributed by atoms with Crippen LogP contribution < -0.4 is 4.72 Å². The molecule has 0 heterocycles. The first-order valence-corrected chi connectivity index (χ1v) is 9.65. The van der Waals surface area contributed by atoms with Gasteiger partial charge < -0.3 is 8.92 Å². The molecule has 0 amide bonds. The number of hydrogen-bond donors (Lipinski definition) is 2. The highest BCUT2D eigenvalue weighted by atomic mass is 32.2. The molecule has 10 heteroatoms. The molecule has 1 atom stereocenters. The minimum atomic E-state index is -4.08. The van der Waals surface area contributed by atoms with Crippen LogP contribution in [0.1, 0.15) is 31.7 Å². The van der Waals surface area contributed by atoms with Crippen LogP contribution in [0.3, 0.4) is 0 Å². The topological polar surface area (TPSA) is 98.8 Å². The largest absolute Gasteiger partial charge is 0.461 e. The van der Waals surface area contributed by atoms with Crippen LogP contribution >= 0.6 is 12.9 Å². The van der Waals surface area contributed by atoms with Gasteiger partial charge in [-0.2, -0.15) is 0 Å². The zero-order valence-corrected chi connectivity index (χ0v) is 15.6. The quantitative estimate of drug-likeness (QED) is 0.430. The number of sulfonamides is 1. The number of hydrogen-bond acceptors (Lipinski definition) is 7. The lowest BCUT2D eigenvalue weighted by molar-refractivity contribution is -0.142. The van der Waals surface area contributed by atoms with Gasteiger partial charge >= 0.3 is 11.9 Å². The number of benzene rings is 1. The van der Waals surface area contributed by atoms with Gasteiger partial charge in [-0.3, -0.25) is 9.52 Å². The van der Waals surface area contributed by atoms with Gasteiger partial charge in [0.25, 0.3) is 0 Å². The normalized spacial score (nSPS) is 17.2. The van der Waals surface area contributed by atoms with E-state index >= 15 is 0 Å². The van der Waals surface area contributed by atoms with E-state index in [1.165, 1.54) is 25.1 Å². The Bertz CT molecular complexity index is 837. The second-order valence-electron chi connectivity index (χ2n) is 5.70. The van der Waals surface area contributed by atoms with E-state index in [2.05, 4.69) is 21.8 Å². The summed E-state index contributed by atoms with van der Waals surface area (Å²) in [5, 5.41) is -1.16. The van der Waals surface area contributed by atoms with E-state index in [0.717, 1.165) is 6.07 Å². The molecule has 26 heavy (non-hydrogen) atoms. The molecule has 1 aliphatic rings. The van der Waals surface area contributed by atoms with Gasteiger partial charge in [-0.25, -0.2) is 17.6 Å². The van der Waals surface area contributed by atoms with Crippen LogP contribution in [0.2, 0.25) is 0 Å². The lowest BCUT2D eigenvalue weighted by Gasteiger charge is -2.23. The first kappa shape index (κ1) is 20.2. The van der Waals surface area contributed by atoms with Crippen molar-refractivity contribution in [1.82, 2.24) is 0 Å². The molecule has 7 nitrogen and oxygen atoms in total. The molecule has 0 radical (unpaired) electrons. The third-order valence-corrected chi connectivity index (χ3v) is 5.71. The highest BCUT2D eigenvalue weighted by molar-refractivity contribution is 7.93. The minimum absolute atomic E-state index is 0.0226. The molecule has 1 aliphatic carbocycles. The molecular formula is C16H18FNO6S2. The number of anilines is 1. The van der Waals surface area contributed by atoms with E-state index in [1.54, 1.807) is 0 Å². The van der Waals surface area contributed by atoms with E-state index in [-0.39, 0.29) is 24.3 Å². The summed E-state index contributed by atoms with van der Waals surface area (Å²) in [5.74, 6) is -2.18. The van der Waals surface area contributed by atoms with Crippen LogP contribution in [0.15, 0.2) is 29.8 Å². The molecule has 0 fully saturated rings. The molecule has 1 aromatic rings. The summed E-state index contributed by atoms with van der Waals surface area (Å²) in [6.45, 7) is 1.10. The summed E-state index contributed by atoms with van der Waals surface area (Å²) < 4.78 is 50.7. The Morgan fingerprint density at radius 1 is 1.38 bits per heavy atom. The van der Waals surface area contributed by atoms with Gasteiger partial charge in [-0.1, -0.05) is 12.1 Å². The van der Waals surface area contributed by atoms with E-state index < -0.39 is 33.0 Å². The number of halogens is 1. The van der Waals surface area contributed by atoms with Crippen LogP contribution in [0.5, 0.6) is 0 Å². The van der Waals surface area contributed by atoms with Crippen molar-refractivity contribution < 1.29 is 31.3 Å². The fourth-order valence-corrected chi connectivity index (χ4v) is 4.30. The maximum Gasteiger partial charge on any atom is 0.346 e. The van der Waals surface area contributed by atoms with Gasteiger partial charge in [0.1, 0.15) is 17.7 Å². The van der Waals surface area contributed by atoms with Gasteiger partial charge in [0, 0.05) is 19.8 Å². The van der Waals surface area contributed by atoms with Gasteiger partial charge in [-0.15, -0.1) is 0 Å². The van der Waals surface area contributed by atoms with E-state index in [9.17, 15) is 22.4 Å². The Hall–Kier alpha value is -2.07. The molecular weight excluding hydrogens is 385 g/mol. The second kappa shape index (κ2) is 8.54. The number of carbonyl (C=O) groups excluding carboxylic acids is 2. The Morgan fingerprint density at radius 2 is 2.12 bits per heavy atom. The van der Waals surface area contributed by atoms with Crippen molar-refractivity contribution in [3.05, 3.63) is 41.2 Å². The highest BCUT2D eigenvalue weighted by Crippen LogP contribution is 2.28. The van der Waals surface area contributed by atoms with Gasteiger partial charge in [0.2, 0.25) is 10.0 Å². The number of rotatable bonds is 6. The summed E-state index contributed by atoms with van der Waals surface area (Å²) in [7, 11) is -4.08. The van der Waals surface area contributed by atoms with E-state index in [0.29, 0.717) is 18.4 Å². The van der Waals surface area contributed by atoms with Crippen molar-refractivity contribution in [2.24, 2.45) is 0 Å². The molecule has 0 spiro atoms. The molecule has 0 saturated carbocycles. The Labute approximate surface area is 156 Å². The Balaban J connectivity index is 2.20. The monoisotopic (exact) mass is 403 g/mol. The fourth-order valence-electron chi connectivity index (χ4n) is 2.58. The molecule has 2 rings (SSSR count). The lowest BCUT2D eigenvalue weighted by Crippen LogP contribution is -2.34. The molecule has 1 aromatic carbocycles. The summed E-state index contributed by atoms with van der Waals surface area (Å²) in [5.41, 5.74) is 0.0870. The first-order chi connectivity index (χ1) is 12.2. The van der Waals surface area contributed by atoms with Gasteiger partial charge in [0.15, 0.2) is 0 Å². The number of allylic oxidation sites excluding steroid dienone is 1.